The topological polar surface area (TPSA) is 84.0 Å². The molecule has 1 aromatic carbocycles. The SMILES string of the molecule is C[C@H](NC(=O)c1ccccn1)c1ccc(NC(=O)[C@H]2C[C@@H]2c2cccnc2)cc1. The fourth-order valence-corrected chi connectivity index (χ4v) is 3.39. The van der Waals surface area contributed by atoms with E-state index >= 15 is 0 Å². The molecule has 3 aromatic rings. The molecule has 0 bridgehead atoms. The Labute approximate surface area is 169 Å². The largest absolute Gasteiger partial charge is 0.344 e. The van der Waals surface area contributed by atoms with Crippen molar-refractivity contribution in [2.75, 3.05) is 5.32 Å². The van der Waals surface area contributed by atoms with Crippen molar-refractivity contribution in [2.45, 2.75) is 25.3 Å². The number of benzene rings is 1. The Balaban J connectivity index is 1.32. The number of carbonyl (C=O) groups excluding carboxylic acids is 2. The minimum absolute atomic E-state index is 0.00420. The summed E-state index contributed by atoms with van der Waals surface area (Å²) in [5.74, 6) is 0.0639. The third-order valence-electron chi connectivity index (χ3n) is 5.16. The zero-order chi connectivity index (χ0) is 20.2. The number of rotatable bonds is 6. The van der Waals surface area contributed by atoms with Crippen molar-refractivity contribution >= 4 is 17.5 Å². The highest BCUT2D eigenvalue weighted by Crippen LogP contribution is 2.47. The number of nitrogens with one attached hydrogen (secondary N) is 2. The predicted molar refractivity (Wildman–Crippen MR) is 110 cm³/mol. The number of carbonyl (C=O) groups is 2. The lowest BCUT2D eigenvalue weighted by atomic mass is 10.1. The number of hydrogen-bond acceptors (Lipinski definition) is 4. The quantitative estimate of drug-likeness (QED) is 0.676. The van der Waals surface area contributed by atoms with E-state index in [2.05, 4.69) is 20.6 Å². The molecule has 2 aromatic heterocycles. The molecule has 2 N–H and O–H groups in total. The fraction of sp³-hybridized carbons (Fsp3) is 0.217. The van der Waals surface area contributed by atoms with Gasteiger partial charge in [-0.2, -0.15) is 0 Å². The van der Waals surface area contributed by atoms with Gasteiger partial charge in [0.15, 0.2) is 0 Å². The van der Waals surface area contributed by atoms with E-state index in [1.165, 1.54) is 0 Å². The summed E-state index contributed by atoms with van der Waals surface area (Å²) < 4.78 is 0. The summed E-state index contributed by atoms with van der Waals surface area (Å²) in [6.07, 6.45) is 6.01. The average Bonchev–Trinajstić information content (AvgIpc) is 3.57. The molecule has 0 unspecified atom stereocenters. The fourth-order valence-electron chi connectivity index (χ4n) is 3.39. The Kier molecular flexibility index (Phi) is 5.33. The van der Waals surface area contributed by atoms with Crippen molar-refractivity contribution in [3.63, 3.8) is 0 Å². The highest BCUT2D eigenvalue weighted by molar-refractivity contribution is 5.95. The Hall–Kier alpha value is -3.54. The first-order valence-electron chi connectivity index (χ1n) is 9.64. The molecule has 0 saturated heterocycles. The molecule has 1 aliphatic carbocycles. The molecule has 29 heavy (non-hydrogen) atoms. The van der Waals surface area contributed by atoms with Crippen molar-refractivity contribution in [1.82, 2.24) is 15.3 Å². The number of pyridine rings is 2. The molecule has 1 fully saturated rings. The van der Waals surface area contributed by atoms with Crippen LogP contribution in [0.2, 0.25) is 0 Å². The molecule has 0 radical (unpaired) electrons. The summed E-state index contributed by atoms with van der Waals surface area (Å²) >= 11 is 0. The lowest BCUT2D eigenvalue weighted by Crippen LogP contribution is -2.27. The molecule has 3 atom stereocenters. The normalized spacial score (nSPS) is 18.5. The smallest absolute Gasteiger partial charge is 0.270 e. The molecule has 2 amide bonds. The summed E-state index contributed by atoms with van der Waals surface area (Å²) in [5, 5.41) is 5.91. The molecule has 0 spiro atoms. The summed E-state index contributed by atoms with van der Waals surface area (Å²) in [7, 11) is 0. The van der Waals surface area contributed by atoms with E-state index in [1.807, 2.05) is 49.5 Å². The van der Waals surface area contributed by atoms with Gasteiger partial charge in [-0.15, -0.1) is 0 Å². The van der Waals surface area contributed by atoms with Gasteiger partial charge in [-0.3, -0.25) is 19.6 Å². The van der Waals surface area contributed by atoms with Crippen LogP contribution in [0.15, 0.2) is 73.2 Å². The summed E-state index contributed by atoms with van der Waals surface area (Å²) in [5.41, 5.74) is 3.20. The second-order valence-corrected chi connectivity index (χ2v) is 7.26. The molecule has 6 nitrogen and oxygen atoms in total. The van der Waals surface area contributed by atoms with Crippen LogP contribution in [0.25, 0.3) is 0 Å². The number of nitrogens with zero attached hydrogens (tertiary/aromatic N) is 2. The van der Waals surface area contributed by atoms with Crippen LogP contribution in [0, 0.1) is 5.92 Å². The first-order valence-corrected chi connectivity index (χ1v) is 9.64. The van der Waals surface area contributed by atoms with Crippen LogP contribution in [0.5, 0.6) is 0 Å². The van der Waals surface area contributed by atoms with Gasteiger partial charge in [-0.1, -0.05) is 24.3 Å². The van der Waals surface area contributed by atoms with Crippen molar-refractivity contribution in [1.29, 1.82) is 0 Å². The Bertz CT molecular complexity index is 990. The van der Waals surface area contributed by atoms with E-state index in [0.717, 1.165) is 23.2 Å². The van der Waals surface area contributed by atoms with E-state index in [0.29, 0.717) is 5.69 Å². The summed E-state index contributed by atoms with van der Waals surface area (Å²) in [6, 6.07) is 16.5. The maximum absolute atomic E-state index is 12.5. The molecule has 6 heteroatoms. The Morgan fingerprint density at radius 3 is 2.55 bits per heavy atom. The highest BCUT2D eigenvalue weighted by Gasteiger charge is 2.44. The molecule has 2 heterocycles. The molecule has 1 saturated carbocycles. The van der Waals surface area contributed by atoms with Crippen molar-refractivity contribution in [3.8, 4) is 0 Å². The van der Waals surface area contributed by atoms with Gasteiger partial charge in [0, 0.05) is 30.2 Å². The third kappa shape index (κ3) is 4.48. The Morgan fingerprint density at radius 2 is 1.86 bits per heavy atom. The van der Waals surface area contributed by atoms with Crippen LogP contribution < -0.4 is 10.6 Å². The summed E-state index contributed by atoms with van der Waals surface area (Å²) in [4.78, 5) is 32.9. The lowest BCUT2D eigenvalue weighted by Gasteiger charge is -2.15. The maximum Gasteiger partial charge on any atom is 0.270 e. The zero-order valence-electron chi connectivity index (χ0n) is 16.1. The number of aromatic nitrogens is 2. The zero-order valence-corrected chi connectivity index (χ0v) is 16.1. The van der Waals surface area contributed by atoms with Crippen molar-refractivity contribution in [2.24, 2.45) is 5.92 Å². The van der Waals surface area contributed by atoms with E-state index in [-0.39, 0.29) is 29.7 Å². The van der Waals surface area contributed by atoms with Gasteiger partial charge in [0.05, 0.1) is 6.04 Å². The predicted octanol–water partition coefficient (Wildman–Crippen LogP) is 3.71. The standard InChI is InChI=1S/C23H22N4O2/c1-15(26-23(29)21-6-2-3-12-25-21)16-7-9-18(10-8-16)27-22(28)20-13-19(20)17-5-4-11-24-14-17/h2-12,14-15,19-20H,13H2,1H3,(H,26,29)(H,27,28)/t15-,19+,20-/m0/s1. The monoisotopic (exact) mass is 386 g/mol. The minimum atomic E-state index is -0.217. The van der Waals surface area contributed by atoms with Gasteiger partial charge in [-0.05, 0) is 60.7 Å². The van der Waals surface area contributed by atoms with E-state index in [1.54, 1.807) is 30.6 Å². The van der Waals surface area contributed by atoms with Crippen LogP contribution >= 0.6 is 0 Å². The van der Waals surface area contributed by atoms with E-state index in [4.69, 9.17) is 0 Å². The number of amides is 2. The van der Waals surface area contributed by atoms with E-state index < -0.39 is 0 Å². The van der Waals surface area contributed by atoms with Crippen LogP contribution in [-0.2, 0) is 4.79 Å². The van der Waals surface area contributed by atoms with Gasteiger partial charge in [0.2, 0.25) is 5.91 Å². The molecule has 146 valence electrons. The number of hydrogen-bond donors (Lipinski definition) is 2. The van der Waals surface area contributed by atoms with Gasteiger partial charge >= 0.3 is 0 Å². The molecular weight excluding hydrogens is 364 g/mol. The van der Waals surface area contributed by atoms with E-state index in [9.17, 15) is 9.59 Å². The first-order chi connectivity index (χ1) is 14.1. The van der Waals surface area contributed by atoms with Crippen molar-refractivity contribution in [3.05, 3.63) is 90.0 Å². The van der Waals surface area contributed by atoms with Gasteiger partial charge < -0.3 is 10.6 Å². The van der Waals surface area contributed by atoms with Gasteiger partial charge in [0.1, 0.15) is 5.69 Å². The van der Waals surface area contributed by atoms with Crippen molar-refractivity contribution < 1.29 is 9.59 Å². The molecule has 4 rings (SSSR count). The first kappa shape index (κ1) is 18.8. The molecular formula is C23H22N4O2. The van der Waals surface area contributed by atoms with Crippen LogP contribution in [0.1, 0.15) is 46.9 Å². The average molecular weight is 386 g/mol. The summed E-state index contributed by atoms with van der Waals surface area (Å²) in [6.45, 7) is 1.91. The Morgan fingerprint density at radius 1 is 1.03 bits per heavy atom. The maximum atomic E-state index is 12.5. The van der Waals surface area contributed by atoms with Crippen LogP contribution in [-0.4, -0.2) is 21.8 Å². The number of anilines is 1. The second kappa shape index (κ2) is 8.22. The lowest BCUT2D eigenvalue weighted by molar-refractivity contribution is -0.117. The van der Waals surface area contributed by atoms with Gasteiger partial charge in [0.25, 0.3) is 5.91 Å². The third-order valence-corrected chi connectivity index (χ3v) is 5.16. The molecule has 0 aliphatic heterocycles. The van der Waals surface area contributed by atoms with Crippen LogP contribution in [0.4, 0.5) is 5.69 Å². The second-order valence-electron chi connectivity index (χ2n) is 7.26. The highest BCUT2D eigenvalue weighted by atomic mass is 16.2. The molecule has 1 aliphatic rings. The van der Waals surface area contributed by atoms with Gasteiger partial charge in [-0.25, -0.2) is 0 Å². The minimum Gasteiger partial charge on any atom is -0.344 e. The van der Waals surface area contributed by atoms with Crippen LogP contribution in [0.3, 0.4) is 0 Å².